The summed E-state index contributed by atoms with van der Waals surface area (Å²) in [5.41, 5.74) is 1.04. The summed E-state index contributed by atoms with van der Waals surface area (Å²) in [4.78, 5) is 13.7. The zero-order valence-corrected chi connectivity index (χ0v) is 8.56. The minimum atomic E-state index is -0.372. The predicted octanol–water partition coefficient (Wildman–Crippen LogP) is 2.24. The number of carbonyl (C=O) groups excluding carboxylic acids is 1. The largest absolute Gasteiger partial charge is 0.496 e. The van der Waals surface area contributed by atoms with Gasteiger partial charge in [-0.25, -0.2) is 0 Å². The van der Waals surface area contributed by atoms with Crippen LogP contribution in [0, 0.1) is 5.39 Å². The van der Waals surface area contributed by atoms with E-state index in [9.17, 15) is 4.79 Å². The van der Waals surface area contributed by atoms with E-state index >= 15 is 0 Å². The quantitative estimate of drug-likeness (QED) is 0.563. The Hall–Kier alpha value is -2.09. The Balaban J connectivity index is 2.92. The van der Waals surface area contributed by atoms with Crippen LogP contribution in [0.25, 0.3) is 4.98 Å². The number of benzene rings is 1. The molecular weight excluding hydrogens is 196 g/mol. The molecule has 0 amide bonds. The fraction of sp³-hybridized carbons (Fsp3) is 0.300. The normalized spacial score (nSPS) is 9.13. The molecule has 0 fully saturated rings. The molecule has 0 radical (unpaired) electrons. The number of hydrogen-bond acceptors (Lipinski definition) is 4. The van der Waals surface area contributed by atoms with Gasteiger partial charge in [0.15, 0.2) is 4.98 Å². The van der Waals surface area contributed by atoms with Crippen LogP contribution in [0.5, 0.6) is 5.75 Å². The van der Waals surface area contributed by atoms with Crippen molar-refractivity contribution in [2.75, 3.05) is 7.11 Å². The Kier molecular flexibility index (Phi) is 3.63. The second-order valence-corrected chi connectivity index (χ2v) is 2.88. The highest BCUT2D eigenvalue weighted by molar-refractivity contribution is 5.66. The monoisotopic (exact) mass is 207 g/mol. The third kappa shape index (κ3) is 2.95. The highest BCUT2D eigenvalue weighted by Crippen LogP contribution is 2.24. The van der Waals surface area contributed by atoms with Crippen LogP contribution >= 0.6 is 0 Å². The summed E-state index contributed by atoms with van der Waals surface area (Å²) in [6.07, 6.45) is 0. The van der Waals surface area contributed by atoms with Gasteiger partial charge in [-0.05, 0) is 6.07 Å². The van der Waals surface area contributed by atoms with Gasteiger partial charge >= 0.3 is 11.7 Å². The number of diazo groups is 1. The van der Waals surface area contributed by atoms with Crippen LogP contribution in [0.1, 0.15) is 12.5 Å². The van der Waals surface area contributed by atoms with Crippen molar-refractivity contribution in [2.45, 2.75) is 13.5 Å². The molecule has 0 N–H and O–H groups in total. The van der Waals surface area contributed by atoms with Gasteiger partial charge in [-0.3, -0.25) is 4.79 Å². The van der Waals surface area contributed by atoms with E-state index in [1.807, 2.05) is 0 Å². The molecule has 5 nitrogen and oxygen atoms in total. The van der Waals surface area contributed by atoms with Crippen LogP contribution in [0.4, 0.5) is 5.69 Å². The van der Waals surface area contributed by atoms with E-state index in [-0.39, 0.29) is 12.6 Å². The first kappa shape index (κ1) is 11.0. The van der Waals surface area contributed by atoms with Gasteiger partial charge in [0.1, 0.15) is 12.4 Å². The lowest BCUT2D eigenvalue weighted by molar-refractivity contribution is -0.142. The Labute approximate surface area is 87.2 Å². The molecule has 0 saturated heterocycles. The number of esters is 1. The zero-order valence-electron chi connectivity index (χ0n) is 8.56. The van der Waals surface area contributed by atoms with Crippen LogP contribution < -0.4 is 4.74 Å². The first-order valence-corrected chi connectivity index (χ1v) is 4.32. The van der Waals surface area contributed by atoms with Crippen molar-refractivity contribution in [2.24, 2.45) is 0 Å². The summed E-state index contributed by atoms with van der Waals surface area (Å²) in [6.45, 7) is 1.43. The van der Waals surface area contributed by atoms with Crippen LogP contribution in [-0.2, 0) is 16.1 Å². The Bertz CT molecular complexity index is 410. The van der Waals surface area contributed by atoms with E-state index in [0.29, 0.717) is 17.0 Å². The van der Waals surface area contributed by atoms with Crippen LogP contribution in [-0.4, -0.2) is 13.1 Å². The minimum absolute atomic E-state index is 0.0991. The maximum atomic E-state index is 10.6. The van der Waals surface area contributed by atoms with Crippen molar-refractivity contribution >= 4 is 11.7 Å². The Morgan fingerprint density at radius 2 is 2.27 bits per heavy atom. The highest BCUT2D eigenvalue weighted by Gasteiger charge is 2.11. The molecule has 0 aliphatic heterocycles. The van der Waals surface area contributed by atoms with Gasteiger partial charge in [0.2, 0.25) is 5.39 Å². The first-order valence-electron chi connectivity index (χ1n) is 4.32. The second kappa shape index (κ2) is 4.96. The summed E-state index contributed by atoms with van der Waals surface area (Å²) < 4.78 is 9.89. The van der Waals surface area contributed by atoms with Gasteiger partial charge in [-0.2, -0.15) is 0 Å². The fourth-order valence-electron chi connectivity index (χ4n) is 1.12. The summed E-state index contributed by atoms with van der Waals surface area (Å²) in [5.74, 6) is 0.215. The molecule has 0 spiro atoms. The smallest absolute Gasteiger partial charge is 0.385 e. The van der Waals surface area contributed by atoms with E-state index < -0.39 is 0 Å². The maximum Gasteiger partial charge on any atom is 0.385 e. The lowest BCUT2D eigenvalue weighted by atomic mass is 10.2. The molecule has 78 valence electrons. The minimum Gasteiger partial charge on any atom is -0.496 e. The molecular formula is C10H11N2O3+. The fourth-order valence-corrected chi connectivity index (χ4v) is 1.12. The molecule has 1 aromatic rings. The van der Waals surface area contributed by atoms with E-state index in [4.69, 9.17) is 14.9 Å². The summed E-state index contributed by atoms with van der Waals surface area (Å²) >= 11 is 0. The SMILES string of the molecule is COc1ccc([N+]#N)cc1COC(C)=O. The Morgan fingerprint density at radius 3 is 2.80 bits per heavy atom. The predicted molar refractivity (Wildman–Crippen MR) is 53.2 cm³/mol. The van der Waals surface area contributed by atoms with E-state index in [2.05, 4.69) is 4.98 Å². The first-order chi connectivity index (χ1) is 7.17. The third-order valence-corrected chi connectivity index (χ3v) is 1.81. The second-order valence-electron chi connectivity index (χ2n) is 2.88. The standard InChI is InChI=1S/C10H11N2O3/c1-7(13)15-6-8-5-9(12-11)3-4-10(8)14-2/h3-5H,6H2,1-2H3/q+1. The lowest BCUT2D eigenvalue weighted by Crippen LogP contribution is -2.00. The maximum absolute atomic E-state index is 10.6. The molecule has 15 heavy (non-hydrogen) atoms. The average Bonchev–Trinajstić information content (AvgIpc) is 2.25. The van der Waals surface area contributed by atoms with Gasteiger partial charge in [0.05, 0.1) is 7.11 Å². The van der Waals surface area contributed by atoms with Gasteiger partial charge in [-0.1, -0.05) is 0 Å². The molecule has 1 aromatic carbocycles. The lowest BCUT2D eigenvalue weighted by Gasteiger charge is -2.06. The number of nitrogens with zero attached hydrogens (tertiary/aromatic N) is 2. The summed E-state index contributed by atoms with van der Waals surface area (Å²) in [5, 5.41) is 8.58. The number of carbonyl (C=O) groups is 1. The van der Waals surface area contributed by atoms with Crippen molar-refractivity contribution in [3.63, 3.8) is 0 Å². The molecule has 0 saturated carbocycles. The summed E-state index contributed by atoms with van der Waals surface area (Å²) in [7, 11) is 1.52. The van der Waals surface area contributed by atoms with Gasteiger partial charge in [0, 0.05) is 24.6 Å². The van der Waals surface area contributed by atoms with Crippen molar-refractivity contribution in [1.29, 1.82) is 5.39 Å². The van der Waals surface area contributed by atoms with E-state index in [1.54, 1.807) is 18.2 Å². The van der Waals surface area contributed by atoms with Crippen LogP contribution in [0.3, 0.4) is 0 Å². The number of ether oxygens (including phenoxy) is 2. The molecule has 0 heterocycles. The molecule has 0 aliphatic carbocycles. The molecule has 5 heteroatoms. The number of rotatable bonds is 3. The molecule has 1 rings (SSSR count). The molecule has 0 unspecified atom stereocenters. The van der Waals surface area contributed by atoms with Gasteiger partial charge < -0.3 is 9.47 Å². The zero-order chi connectivity index (χ0) is 11.3. The van der Waals surface area contributed by atoms with Crippen molar-refractivity contribution in [3.8, 4) is 5.75 Å². The van der Waals surface area contributed by atoms with E-state index in [0.717, 1.165) is 0 Å². The van der Waals surface area contributed by atoms with Crippen LogP contribution in [0.2, 0.25) is 0 Å². The highest BCUT2D eigenvalue weighted by atomic mass is 16.5. The third-order valence-electron chi connectivity index (χ3n) is 1.81. The molecule has 0 bridgehead atoms. The van der Waals surface area contributed by atoms with Crippen molar-refractivity contribution < 1.29 is 14.3 Å². The van der Waals surface area contributed by atoms with Crippen molar-refractivity contribution in [1.82, 2.24) is 0 Å². The van der Waals surface area contributed by atoms with Crippen molar-refractivity contribution in [3.05, 3.63) is 28.7 Å². The topological polar surface area (TPSA) is 63.7 Å². The molecule has 0 atom stereocenters. The number of hydrogen-bond donors (Lipinski definition) is 0. The molecule has 0 aliphatic rings. The van der Waals surface area contributed by atoms with Gasteiger partial charge in [-0.15, -0.1) is 0 Å². The Morgan fingerprint density at radius 1 is 1.53 bits per heavy atom. The average molecular weight is 207 g/mol. The van der Waals surface area contributed by atoms with E-state index in [1.165, 1.54) is 14.0 Å². The number of methoxy groups -OCH3 is 1. The van der Waals surface area contributed by atoms with Gasteiger partial charge in [0.25, 0.3) is 0 Å². The molecule has 0 aromatic heterocycles. The van der Waals surface area contributed by atoms with Crippen LogP contribution in [0.15, 0.2) is 18.2 Å². The summed E-state index contributed by atoms with van der Waals surface area (Å²) in [6, 6.07) is 4.83.